The molecule has 8 heteroatoms. The summed E-state index contributed by atoms with van der Waals surface area (Å²) in [5.41, 5.74) is 2.90. The fourth-order valence-corrected chi connectivity index (χ4v) is 5.68. The molecule has 0 aliphatic carbocycles. The molecule has 0 radical (unpaired) electrons. The lowest BCUT2D eigenvalue weighted by molar-refractivity contribution is -0.131. The Morgan fingerprint density at radius 1 is 1.38 bits per heavy atom. The van der Waals surface area contributed by atoms with Gasteiger partial charge in [0.2, 0.25) is 11.8 Å². The molecule has 1 aromatic rings. The minimum absolute atomic E-state index is 0.0143. The van der Waals surface area contributed by atoms with Crippen LogP contribution in [-0.4, -0.2) is 65.3 Å². The fraction of sp³-hybridized carbons (Fsp3) is 0.500. The summed E-state index contributed by atoms with van der Waals surface area (Å²) in [7, 11) is 0. The van der Waals surface area contributed by atoms with E-state index in [1.54, 1.807) is 12.3 Å². The quantitative estimate of drug-likeness (QED) is 0.561. The summed E-state index contributed by atoms with van der Waals surface area (Å²) in [4.78, 5) is 36.1. The molecule has 1 atom stereocenters. The Balaban J connectivity index is 1.21. The van der Waals surface area contributed by atoms with Gasteiger partial charge in [0.25, 0.3) is 0 Å². The molecule has 7 nitrogen and oxygen atoms in total. The molecule has 32 heavy (non-hydrogen) atoms. The van der Waals surface area contributed by atoms with Gasteiger partial charge in [-0.05, 0) is 49.0 Å². The van der Waals surface area contributed by atoms with Crippen LogP contribution < -0.4 is 5.32 Å². The summed E-state index contributed by atoms with van der Waals surface area (Å²) in [6.07, 6.45) is 13.4. The van der Waals surface area contributed by atoms with Crippen molar-refractivity contribution in [1.82, 2.24) is 9.88 Å². The van der Waals surface area contributed by atoms with Crippen LogP contribution in [0.15, 0.2) is 35.0 Å². The highest BCUT2D eigenvalue weighted by Gasteiger charge is 2.43. The second-order valence-corrected chi connectivity index (χ2v) is 10.1. The SMILES string of the molecule is O=C(C=Cc1cnc2c(c1)CC1(CCOCC1)C(=O)N2)N1CC=C(CC2N=CCS2)CC1. The summed E-state index contributed by atoms with van der Waals surface area (Å²) in [5, 5.41) is 3.32. The van der Waals surface area contributed by atoms with Crippen molar-refractivity contribution < 1.29 is 14.3 Å². The molecule has 1 aromatic heterocycles. The Kier molecular flexibility index (Phi) is 6.15. The summed E-state index contributed by atoms with van der Waals surface area (Å²) in [6.45, 7) is 2.62. The fourth-order valence-electron chi connectivity index (χ4n) is 4.78. The van der Waals surface area contributed by atoms with E-state index in [4.69, 9.17) is 4.74 Å². The number of amides is 2. The first-order valence-corrected chi connectivity index (χ1v) is 12.3. The van der Waals surface area contributed by atoms with Crippen molar-refractivity contribution in [2.24, 2.45) is 10.4 Å². The van der Waals surface area contributed by atoms with E-state index in [2.05, 4.69) is 21.4 Å². The molecule has 168 valence electrons. The molecule has 1 saturated heterocycles. The number of carbonyl (C=O) groups is 2. The van der Waals surface area contributed by atoms with Gasteiger partial charge in [0.1, 0.15) is 5.82 Å². The summed E-state index contributed by atoms with van der Waals surface area (Å²) >= 11 is 1.88. The summed E-state index contributed by atoms with van der Waals surface area (Å²) in [6, 6.07) is 2.04. The van der Waals surface area contributed by atoms with Crippen LogP contribution in [-0.2, 0) is 20.7 Å². The van der Waals surface area contributed by atoms with Gasteiger partial charge in [-0.15, -0.1) is 11.8 Å². The Morgan fingerprint density at radius 2 is 2.25 bits per heavy atom. The maximum absolute atomic E-state index is 12.7. The van der Waals surface area contributed by atoms with Gasteiger partial charge in [0, 0.05) is 57.0 Å². The first-order valence-electron chi connectivity index (χ1n) is 11.3. The van der Waals surface area contributed by atoms with Crippen molar-refractivity contribution >= 4 is 41.7 Å². The lowest BCUT2D eigenvalue weighted by atomic mass is 9.72. The highest BCUT2D eigenvalue weighted by atomic mass is 32.2. The zero-order valence-corrected chi connectivity index (χ0v) is 18.9. The van der Waals surface area contributed by atoms with Crippen LogP contribution in [0.5, 0.6) is 0 Å². The van der Waals surface area contributed by atoms with Gasteiger partial charge in [-0.25, -0.2) is 4.98 Å². The molecule has 0 bridgehead atoms. The highest BCUT2D eigenvalue weighted by Crippen LogP contribution is 2.40. The number of nitrogens with one attached hydrogen (secondary N) is 1. The zero-order chi connectivity index (χ0) is 22.0. The lowest BCUT2D eigenvalue weighted by Gasteiger charge is -2.39. The minimum atomic E-state index is -0.398. The number of ether oxygens (including phenoxy) is 1. The first-order chi connectivity index (χ1) is 15.6. The average Bonchev–Trinajstić information content (AvgIpc) is 3.32. The van der Waals surface area contributed by atoms with Crippen molar-refractivity contribution in [1.29, 1.82) is 0 Å². The largest absolute Gasteiger partial charge is 0.381 e. The maximum atomic E-state index is 12.7. The van der Waals surface area contributed by atoms with E-state index in [1.807, 2.05) is 35.0 Å². The van der Waals surface area contributed by atoms with Crippen molar-refractivity contribution in [2.45, 2.75) is 37.5 Å². The Morgan fingerprint density at radius 3 is 3.00 bits per heavy atom. The number of aliphatic imine (C=N–C) groups is 1. The van der Waals surface area contributed by atoms with Crippen molar-refractivity contribution in [3.05, 3.63) is 41.1 Å². The third kappa shape index (κ3) is 4.52. The smallest absolute Gasteiger partial charge is 0.246 e. The number of hydrogen-bond donors (Lipinski definition) is 1. The predicted molar refractivity (Wildman–Crippen MR) is 127 cm³/mol. The summed E-state index contributed by atoms with van der Waals surface area (Å²) in [5.74, 6) is 1.71. The van der Waals surface area contributed by atoms with E-state index in [1.165, 1.54) is 5.57 Å². The minimum Gasteiger partial charge on any atom is -0.381 e. The third-order valence-corrected chi connectivity index (χ3v) is 7.80. The number of anilines is 1. The molecule has 5 rings (SSSR count). The number of fused-ring (bicyclic) bond motifs is 1. The van der Waals surface area contributed by atoms with E-state index in [9.17, 15) is 9.59 Å². The number of hydrogen-bond acceptors (Lipinski definition) is 6. The second kappa shape index (κ2) is 9.19. The molecule has 1 spiro atoms. The van der Waals surface area contributed by atoms with Gasteiger partial charge in [-0.1, -0.05) is 11.6 Å². The van der Waals surface area contributed by atoms with E-state index in [-0.39, 0.29) is 11.8 Å². The molecular formula is C24H28N4O3S. The molecule has 5 heterocycles. The lowest BCUT2D eigenvalue weighted by Crippen LogP contribution is -2.45. The molecule has 4 aliphatic heterocycles. The molecule has 1 unspecified atom stereocenters. The van der Waals surface area contributed by atoms with Crippen molar-refractivity contribution in [3.8, 4) is 0 Å². The average molecular weight is 453 g/mol. The zero-order valence-electron chi connectivity index (χ0n) is 18.1. The van der Waals surface area contributed by atoms with E-state index in [0.717, 1.165) is 49.1 Å². The van der Waals surface area contributed by atoms with E-state index in [0.29, 0.717) is 37.4 Å². The topological polar surface area (TPSA) is 83.9 Å². The number of carbonyl (C=O) groups excluding carboxylic acids is 2. The predicted octanol–water partition coefficient (Wildman–Crippen LogP) is 3.08. The molecule has 0 aromatic carbocycles. The Labute approximate surface area is 192 Å². The molecule has 4 aliphatic rings. The number of thioether (sulfide) groups is 1. The van der Waals surface area contributed by atoms with Crippen LogP contribution in [0.4, 0.5) is 5.82 Å². The third-order valence-electron chi connectivity index (χ3n) is 6.78. The summed E-state index contributed by atoms with van der Waals surface area (Å²) < 4.78 is 5.46. The van der Waals surface area contributed by atoms with Crippen LogP contribution in [0.3, 0.4) is 0 Å². The van der Waals surface area contributed by atoms with Gasteiger partial charge in [-0.3, -0.25) is 14.6 Å². The van der Waals surface area contributed by atoms with Crippen LogP contribution in [0.25, 0.3) is 6.08 Å². The van der Waals surface area contributed by atoms with Gasteiger partial charge < -0.3 is 15.0 Å². The number of pyridine rings is 1. The standard InChI is InChI=1S/C24H28N4O3S/c29-21(28-8-3-17(4-9-28)14-20-25-7-12-32-20)2-1-18-13-19-15-24(5-10-31-11-6-24)23(30)27-22(19)26-16-18/h1-3,7,13,16,20H,4-6,8-12,14-15H2,(H,26,27,30). The van der Waals surface area contributed by atoms with Crippen LogP contribution in [0, 0.1) is 5.41 Å². The van der Waals surface area contributed by atoms with Crippen molar-refractivity contribution in [2.75, 3.05) is 37.4 Å². The van der Waals surface area contributed by atoms with E-state index >= 15 is 0 Å². The van der Waals surface area contributed by atoms with Gasteiger partial charge >= 0.3 is 0 Å². The molecule has 1 N–H and O–H groups in total. The normalized spacial score (nSPS) is 24.5. The Hall–Kier alpha value is -2.45. The van der Waals surface area contributed by atoms with Crippen molar-refractivity contribution in [3.63, 3.8) is 0 Å². The number of aromatic nitrogens is 1. The maximum Gasteiger partial charge on any atom is 0.246 e. The monoisotopic (exact) mass is 452 g/mol. The second-order valence-electron chi connectivity index (χ2n) is 8.85. The molecule has 2 amide bonds. The number of rotatable bonds is 4. The highest BCUT2D eigenvalue weighted by molar-refractivity contribution is 8.00. The van der Waals surface area contributed by atoms with Gasteiger partial charge in [0.05, 0.1) is 10.8 Å². The van der Waals surface area contributed by atoms with Crippen LogP contribution in [0.1, 0.15) is 36.8 Å². The number of nitrogens with zero attached hydrogens (tertiary/aromatic N) is 3. The molecule has 0 saturated carbocycles. The van der Waals surface area contributed by atoms with Gasteiger partial charge in [0.15, 0.2) is 0 Å². The molecule has 1 fully saturated rings. The molecular weight excluding hydrogens is 424 g/mol. The van der Waals surface area contributed by atoms with Gasteiger partial charge in [-0.2, -0.15) is 0 Å². The first kappa shape index (κ1) is 21.4. The van der Waals surface area contributed by atoms with Crippen LogP contribution >= 0.6 is 11.8 Å². The Bertz CT molecular complexity index is 997. The van der Waals surface area contributed by atoms with Crippen LogP contribution in [0.2, 0.25) is 0 Å². The van der Waals surface area contributed by atoms with E-state index < -0.39 is 5.41 Å².